The molecule has 0 spiro atoms. The molecule has 0 fully saturated rings. The Balaban J connectivity index is 1.43. The maximum atomic E-state index is 11.5. The van der Waals surface area contributed by atoms with Crippen molar-refractivity contribution < 1.29 is 30.5 Å². The Kier molecular flexibility index (Phi) is 8.26. The van der Waals surface area contributed by atoms with E-state index in [4.69, 9.17) is 0 Å². The number of aromatic nitrogens is 1. The van der Waals surface area contributed by atoms with Crippen molar-refractivity contribution in [2.45, 2.75) is 36.6 Å². The summed E-state index contributed by atoms with van der Waals surface area (Å²) in [6.45, 7) is 2.86. The van der Waals surface area contributed by atoms with E-state index in [9.17, 15) is 25.9 Å². The van der Waals surface area contributed by atoms with Gasteiger partial charge in [-0.1, -0.05) is 77.7 Å². The number of fused-ring (bicyclic) bond motifs is 6. The molecule has 2 heterocycles. The first-order valence-electron chi connectivity index (χ1n) is 13.8. The van der Waals surface area contributed by atoms with E-state index in [2.05, 4.69) is 64.9 Å². The molecule has 5 aromatic rings. The first-order chi connectivity index (χ1) is 20.5. The molecule has 12 heteroatoms. The maximum absolute atomic E-state index is 11.5. The van der Waals surface area contributed by atoms with Gasteiger partial charge in [0, 0.05) is 35.1 Å². The highest BCUT2D eigenvalue weighted by Crippen LogP contribution is 2.49. The molecule has 0 amide bonds. The van der Waals surface area contributed by atoms with Crippen molar-refractivity contribution >= 4 is 86.9 Å². The van der Waals surface area contributed by atoms with Crippen LogP contribution in [0.4, 0.5) is 5.69 Å². The smallest absolute Gasteiger partial charge is 0.264 e. The van der Waals surface area contributed by atoms with E-state index in [0.717, 1.165) is 52.9 Å². The minimum absolute atomic E-state index is 0.125. The molecule has 0 radical (unpaired) electrons. The van der Waals surface area contributed by atoms with Gasteiger partial charge in [0.25, 0.3) is 15.1 Å². The Bertz CT molecular complexity index is 2110. The molecule has 4 aromatic carbocycles. The topological polar surface area (TPSA) is 119 Å². The third-order valence-corrected chi connectivity index (χ3v) is 11.7. The number of thioether (sulfide) groups is 1. The lowest BCUT2D eigenvalue weighted by molar-refractivity contribution is -0.667. The predicted octanol–water partition coefficient (Wildman–Crippen LogP) is 6.05. The Morgan fingerprint density at radius 2 is 1.60 bits per heavy atom. The molecule has 0 bridgehead atoms. The molecule has 224 valence electrons. The molecular weight excluding hydrogens is 625 g/mol. The number of benzene rings is 4. The van der Waals surface area contributed by atoms with E-state index in [0.29, 0.717) is 13.1 Å². The number of nitrogens with zero attached hydrogens (tertiary/aromatic N) is 2. The molecule has 1 N–H and O–H groups in total. The summed E-state index contributed by atoms with van der Waals surface area (Å²) in [6, 6.07) is 24.5. The molecule has 0 aliphatic carbocycles. The Morgan fingerprint density at radius 3 is 2.33 bits per heavy atom. The van der Waals surface area contributed by atoms with Crippen LogP contribution >= 0.6 is 23.1 Å². The van der Waals surface area contributed by atoms with Gasteiger partial charge in [-0.15, -0.1) is 0 Å². The van der Waals surface area contributed by atoms with Crippen molar-refractivity contribution in [1.82, 2.24) is 0 Å². The third-order valence-electron chi connectivity index (χ3n) is 7.60. The van der Waals surface area contributed by atoms with E-state index in [1.165, 1.54) is 0 Å². The monoisotopic (exact) mass is 654 g/mol. The fraction of sp³-hybridized carbons (Fsp3) is 0.258. The lowest BCUT2D eigenvalue weighted by Gasteiger charge is -2.28. The molecule has 6 rings (SSSR count). The maximum Gasteiger partial charge on any atom is 0.264 e. The quantitative estimate of drug-likeness (QED) is 0.143. The van der Waals surface area contributed by atoms with Gasteiger partial charge in [0.2, 0.25) is 5.52 Å². The van der Waals surface area contributed by atoms with Crippen LogP contribution in [-0.2, 0) is 26.8 Å². The van der Waals surface area contributed by atoms with Crippen molar-refractivity contribution in [2.24, 2.45) is 0 Å². The van der Waals surface area contributed by atoms with Crippen LogP contribution in [0, 0.1) is 0 Å². The first-order valence-corrected chi connectivity index (χ1v) is 18.7. The molecular formula is C31H30N2O6S4. The van der Waals surface area contributed by atoms with Gasteiger partial charge in [-0.3, -0.25) is 4.55 Å². The van der Waals surface area contributed by atoms with Crippen LogP contribution < -0.4 is 9.47 Å². The van der Waals surface area contributed by atoms with Gasteiger partial charge < -0.3 is 9.45 Å². The molecule has 1 aromatic heterocycles. The zero-order chi connectivity index (χ0) is 30.4. The van der Waals surface area contributed by atoms with Crippen molar-refractivity contribution in [3.63, 3.8) is 0 Å². The number of anilines is 1. The summed E-state index contributed by atoms with van der Waals surface area (Å²) in [4.78, 5) is 3.32. The zero-order valence-corrected chi connectivity index (χ0v) is 26.6. The van der Waals surface area contributed by atoms with Crippen molar-refractivity contribution in [1.29, 1.82) is 0 Å². The Morgan fingerprint density at radius 1 is 0.930 bits per heavy atom. The van der Waals surface area contributed by atoms with Crippen LogP contribution in [0.15, 0.2) is 83.3 Å². The van der Waals surface area contributed by atoms with Crippen molar-refractivity contribution in [3.05, 3.63) is 83.4 Å². The molecule has 1 aliphatic heterocycles. The Labute approximate surface area is 259 Å². The zero-order valence-electron chi connectivity index (χ0n) is 23.3. The van der Waals surface area contributed by atoms with Crippen LogP contribution in [0.2, 0.25) is 0 Å². The predicted molar refractivity (Wildman–Crippen MR) is 174 cm³/mol. The van der Waals surface area contributed by atoms with E-state index < -0.39 is 26.0 Å². The highest BCUT2D eigenvalue weighted by molar-refractivity contribution is 8.00. The van der Waals surface area contributed by atoms with Crippen molar-refractivity contribution in [2.75, 3.05) is 23.0 Å². The summed E-state index contributed by atoms with van der Waals surface area (Å²) in [6.07, 6.45) is 2.58. The van der Waals surface area contributed by atoms with Gasteiger partial charge in [0.1, 0.15) is 10.1 Å². The number of thiazole rings is 1. The molecule has 0 saturated carbocycles. The van der Waals surface area contributed by atoms with E-state index in [1.54, 1.807) is 23.1 Å². The van der Waals surface area contributed by atoms with Gasteiger partial charge in [-0.05, 0) is 47.9 Å². The molecule has 1 aliphatic rings. The van der Waals surface area contributed by atoms with Gasteiger partial charge >= 0.3 is 0 Å². The fourth-order valence-corrected chi connectivity index (χ4v) is 9.29. The van der Waals surface area contributed by atoms with Gasteiger partial charge in [0.05, 0.1) is 26.9 Å². The number of aryl methyl sites for hydroxylation is 1. The normalized spacial score (nSPS) is 16.0. The van der Waals surface area contributed by atoms with E-state index >= 15 is 0 Å². The molecule has 0 saturated heterocycles. The van der Waals surface area contributed by atoms with Crippen LogP contribution in [-0.4, -0.2) is 49.4 Å². The minimum atomic E-state index is -4.34. The second-order valence-electron chi connectivity index (χ2n) is 10.7. The summed E-state index contributed by atoms with van der Waals surface area (Å²) >= 11 is 3.31. The third kappa shape index (κ3) is 6.45. The number of hydrogen-bond donors (Lipinski definition) is 1. The summed E-state index contributed by atoms with van der Waals surface area (Å²) in [5.41, 5.74) is 3.09. The van der Waals surface area contributed by atoms with Crippen LogP contribution in [0.5, 0.6) is 0 Å². The fourth-order valence-electron chi connectivity index (χ4n) is 5.78. The molecule has 1 atom stereocenters. The molecule has 8 nitrogen and oxygen atoms in total. The summed E-state index contributed by atoms with van der Waals surface area (Å²) in [5, 5.41) is 5.11. The lowest BCUT2D eigenvalue weighted by atomic mass is 10.1. The lowest BCUT2D eigenvalue weighted by Crippen LogP contribution is -2.37. The average Bonchev–Trinajstić information content (AvgIpc) is 3.50. The second kappa shape index (κ2) is 11.8. The van der Waals surface area contributed by atoms with Crippen molar-refractivity contribution in [3.8, 4) is 0 Å². The summed E-state index contributed by atoms with van der Waals surface area (Å²) in [7, 11) is -8.44. The van der Waals surface area contributed by atoms with Crippen LogP contribution in [0.3, 0.4) is 0 Å². The van der Waals surface area contributed by atoms with E-state index in [-0.39, 0.29) is 24.0 Å². The largest absolute Gasteiger partial charge is 0.748 e. The standard InChI is InChI=1S/C31H30N2O6S4/c1-21(31-33(17-7-19-43(37,38)39)30-25-11-5-3-9-23(25)13-15-27(30)41-31)20-28-32(16-6-18-42(34,35)36)29-24-10-4-2-8-22(24)12-14-26(29)40-28/h2-5,8-15,20,31H,6-7,16-19H2,1H3,(H-,34,35,36,37,38,39)/b21-20+. The van der Waals surface area contributed by atoms with Gasteiger partial charge in [-0.2, -0.15) is 13.0 Å². The summed E-state index contributed by atoms with van der Waals surface area (Å²) in [5.74, 6) is -0.762. The number of hydrogen-bond acceptors (Lipinski definition) is 8. The molecule has 43 heavy (non-hydrogen) atoms. The second-order valence-corrected chi connectivity index (χ2v) is 15.9. The van der Waals surface area contributed by atoms with Gasteiger partial charge in [-0.25, -0.2) is 8.42 Å². The minimum Gasteiger partial charge on any atom is -0.748 e. The van der Waals surface area contributed by atoms with Crippen LogP contribution in [0.25, 0.3) is 37.8 Å². The first kappa shape index (κ1) is 30.0. The van der Waals surface area contributed by atoms with Crippen LogP contribution in [0.1, 0.15) is 24.8 Å². The number of rotatable bonds is 10. The average molecular weight is 655 g/mol. The SMILES string of the molecule is C/C(=C\c1sc2ccc3ccccc3c2[n+]1CCCS(=O)(=O)[O-])C1Sc2ccc3ccccc3c2N1CCCS(=O)(=O)O. The molecule has 1 unspecified atom stereocenters. The summed E-state index contributed by atoms with van der Waals surface area (Å²) < 4.78 is 69.9. The highest BCUT2D eigenvalue weighted by atomic mass is 32.2. The van der Waals surface area contributed by atoms with E-state index in [1.807, 2.05) is 30.3 Å². The Hall–Kier alpha value is -3.00. The highest BCUT2D eigenvalue weighted by Gasteiger charge is 2.33. The van der Waals surface area contributed by atoms with Gasteiger partial charge in [0.15, 0.2) is 6.54 Å².